The molecule has 4 rings (SSSR count). The molecule has 0 bridgehead atoms. The average Bonchev–Trinajstić information content (AvgIpc) is 3.05. The molecule has 1 saturated heterocycles. The molecule has 1 fully saturated rings. The topological polar surface area (TPSA) is 69.9 Å². The second-order valence-electron chi connectivity index (χ2n) is 6.95. The van der Waals surface area contributed by atoms with Crippen LogP contribution in [-0.4, -0.2) is 33.9 Å². The van der Waals surface area contributed by atoms with Gasteiger partial charge in [0.1, 0.15) is 6.04 Å². The molecular formula is C21H22N4O2. The van der Waals surface area contributed by atoms with Gasteiger partial charge < -0.3 is 5.73 Å². The molecule has 2 atom stereocenters. The van der Waals surface area contributed by atoms with Crippen molar-refractivity contribution in [3.63, 3.8) is 0 Å². The van der Waals surface area contributed by atoms with Crippen molar-refractivity contribution in [3.05, 3.63) is 71.9 Å². The van der Waals surface area contributed by atoms with E-state index in [9.17, 15) is 9.59 Å². The quantitative estimate of drug-likeness (QED) is 0.893. The maximum Gasteiger partial charge on any atom is 0.343 e. The van der Waals surface area contributed by atoms with Crippen molar-refractivity contribution in [3.8, 4) is 0 Å². The largest absolute Gasteiger partial charge is 0.368 e. The van der Waals surface area contributed by atoms with Crippen molar-refractivity contribution in [1.29, 1.82) is 0 Å². The minimum Gasteiger partial charge on any atom is -0.368 e. The van der Waals surface area contributed by atoms with Crippen LogP contribution in [0.25, 0.3) is 6.08 Å². The molecule has 0 aliphatic carbocycles. The van der Waals surface area contributed by atoms with E-state index in [1.807, 2.05) is 67.6 Å². The Morgan fingerprint density at radius 2 is 1.74 bits per heavy atom. The monoisotopic (exact) mass is 362 g/mol. The van der Waals surface area contributed by atoms with Crippen LogP contribution in [0.3, 0.4) is 0 Å². The van der Waals surface area contributed by atoms with Crippen LogP contribution < -0.4 is 10.7 Å². The van der Waals surface area contributed by atoms with Crippen LogP contribution in [0.5, 0.6) is 0 Å². The number of urea groups is 1. The average molecular weight is 362 g/mol. The number of hydrogen-bond acceptors (Lipinski definition) is 3. The molecule has 2 aromatic rings. The summed E-state index contributed by atoms with van der Waals surface area (Å²) in [4.78, 5) is 27.1. The fourth-order valence-corrected chi connectivity index (χ4v) is 3.80. The SMILES string of the molecule is CC1CC(C(N)=O)N(c2ccccc2)N1C(=O)N1C=Cc2ccccc2C1. The number of carbonyl (C=O) groups is 2. The van der Waals surface area contributed by atoms with Crippen LogP contribution in [0.1, 0.15) is 24.5 Å². The van der Waals surface area contributed by atoms with Gasteiger partial charge in [0.15, 0.2) is 0 Å². The van der Waals surface area contributed by atoms with Crippen LogP contribution in [0.4, 0.5) is 10.5 Å². The summed E-state index contributed by atoms with van der Waals surface area (Å²) in [5.74, 6) is -0.430. The third kappa shape index (κ3) is 3.03. The van der Waals surface area contributed by atoms with Crippen molar-refractivity contribution in [2.45, 2.75) is 32.0 Å². The van der Waals surface area contributed by atoms with E-state index in [0.29, 0.717) is 13.0 Å². The Kier molecular flexibility index (Phi) is 4.32. The summed E-state index contributed by atoms with van der Waals surface area (Å²) >= 11 is 0. The molecule has 0 aromatic heterocycles. The second kappa shape index (κ2) is 6.79. The molecule has 27 heavy (non-hydrogen) atoms. The summed E-state index contributed by atoms with van der Waals surface area (Å²) in [5.41, 5.74) is 8.64. The maximum atomic E-state index is 13.4. The Labute approximate surface area is 158 Å². The molecule has 2 aromatic carbocycles. The molecule has 0 radical (unpaired) electrons. The maximum absolute atomic E-state index is 13.4. The lowest BCUT2D eigenvalue weighted by atomic mass is 10.0. The van der Waals surface area contributed by atoms with Crippen molar-refractivity contribution >= 4 is 23.7 Å². The Balaban J connectivity index is 1.66. The lowest BCUT2D eigenvalue weighted by Crippen LogP contribution is -2.53. The molecule has 3 amide bonds. The molecule has 2 aliphatic rings. The van der Waals surface area contributed by atoms with Gasteiger partial charge in [0.05, 0.1) is 18.3 Å². The summed E-state index contributed by atoms with van der Waals surface area (Å²) in [6.07, 6.45) is 4.25. The van der Waals surface area contributed by atoms with Crippen LogP contribution >= 0.6 is 0 Å². The number of rotatable bonds is 2. The minimum atomic E-state index is -0.549. The smallest absolute Gasteiger partial charge is 0.343 e. The van der Waals surface area contributed by atoms with Gasteiger partial charge in [-0.15, -0.1) is 0 Å². The molecule has 2 heterocycles. The number of carbonyl (C=O) groups excluding carboxylic acids is 2. The summed E-state index contributed by atoms with van der Waals surface area (Å²) in [6, 6.07) is 16.6. The van der Waals surface area contributed by atoms with Gasteiger partial charge in [-0.2, -0.15) is 0 Å². The number of nitrogens with zero attached hydrogens (tertiary/aromatic N) is 3. The highest BCUT2D eigenvalue weighted by Crippen LogP contribution is 2.32. The molecular weight excluding hydrogens is 340 g/mol. The zero-order valence-corrected chi connectivity index (χ0v) is 15.2. The number of fused-ring (bicyclic) bond motifs is 1. The third-order valence-corrected chi connectivity index (χ3v) is 5.13. The predicted molar refractivity (Wildman–Crippen MR) is 104 cm³/mol. The van der Waals surface area contributed by atoms with E-state index in [1.165, 1.54) is 0 Å². The molecule has 0 saturated carbocycles. The first-order valence-electron chi connectivity index (χ1n) is 9.05. The first-order valence-corrected chi connectivity index (χ1v) is 9.05. The number of para-hydroxylation sites is 1. The number of amides is 3. The highest BCUT2D eigenvalue weighted by atomic mass is 16.2. The first kappa shape index (κ1) is 17.1. The van der Waals surface area contributed by atoms with Gasteiger partial charge >= 0.3 is 6.03 Å². The van der Waals surface area contributed by atoms with Crippen molar-refractivity contribution in [2.75, 3.05) is 5.01 Å². The van der Waals surface area contributed by atoms with E-state index in [2.05, 4.69) is 0 Å². The van der Waals surface area contributed by atoms with E-state index in [1.54, 1.807) is 21.1 Å². The van der Waals surface area contributed by atoms with E-state index in [0.717, 1.165) is 16.8 Å². The number of hydrogen-bond donors (Lipinski definition) is 1. The van der Waals surface area contributed by atoms with Gasteiger partial charge in [-0.3, -0.25) is 14.7 Å². The summed E-state index contributed by atoms with van der Waals surface area (Å²) in [5, 5.41) is 3.40. The Hall–Kier alpha value is -3.28. The van der Waals surface area contributed by atoms with Gasteiger partial charge in [-0.25, -0.2) is 9.80 Å². The van der Waals surface area contributed by atoms with Crippen molar-refractivity contribution in [2.24, 2.45) is 5.73 Å². The Morgan fingerprint density at radius 3 is 2.48 bits per heavy atom. The zero-order valence-electron chi connectivity index (χ0n) is 15.2. The van der Waals surface area contributed by atoms with E-state index < -0.39 is 11.9 Å². The molecule has 2 aliphatic heterocycles. The summed E-state index contributed by atoms with van der Waals surface area (Å²) in [7, 11) is 0. The van der Waals surface area contributed by atoms with E-state index in [4.69, 9.17) is 5.73 Å². The van der Waals surface area contributed by atoms with Crippen LogP contribution in [0, 0.1) is 0 Å². The van der Waals surface area contributed by atoms with Crippen LogP contribution in [-0.2, 0) is 11.3 Å². The van der Waals surface area contributed by atoms with Gasteiger partial charge in [-0.1, -0.05) is 42.5 Å². The van der Waals surface area contributed by atoms with Crippen LogP contribution in [0.15, 0.2) is 60.8 Å². The standard InChI is InChI=1S/C21H22N4O2/c1-15-13-19(20(22)26)25(18-9-3-2-4-10-18)24(15)21(27)23-12-11-16-7-5-6-8-17(16)14-23/h2-12,15,19H,13-14H2,1H3,(H2,22,26). The van der Waals surface area contributed by atoms with Crippen molar-refractivity contribution < 1.29 is 9.59 Å². The minimum absolute atomic E-state index is 0.138. The lowest BCUT2D eigenvalue weighted by Gasteiger charge is -2.38. The van der Waals surface area contributed by atoms with Crippen molar-refractivity contribution in [1.82, 2.24) is 9.91 Å². The van der Waals surface area contributed by atoms with Crippen LogP contribution in [0.2, 0.25) is 0 Å². The van der Waals surface area contributed by atoms with Gasteiger partial charge in [0.25, 0.3) is 0 Å². The van der Waals surface area contributed by atoms with E-state index >= 15 is 0 Å². The highest BCUT2D eigenvalue weighted by molar-refractivity contribution is 5.88. The van der Waals surface area contributed by atoms with Gasteiger partial charge in [-0.05, 0) is 36.3 Å². The number of benzene rings is 2. The molecule has 6 heteroatoms. The predicted octanol–water partition coefficient (Wildman–Crippen LogP) is 2.96. The Morgan fingerprint density at radius 1 is 1.04 bits per heavy atom. The zero-order chi connectivity index (χ0) is 19.0. The number of nitrogens with two attached hydrogens (primary N) is 1. The molecule has 2 N–H and O–H groups in total. The number of hydrazine groups is 1. The number of primary amides is 1. The fourth-order valence-electron chi connectivity index (χ4n) is 3.80. The molecule has 6 nitrogen and oxygen atoms in total. The molecule has 0 spiro atoms. The fraction of sp³-hybridized carbons (Fsp3) is 0.238. The normalized spacial score (nSPS) is 21.3. The molecule has 2 unspecified atom stereocenters. The van der Waals surface area contributed by atoms with E-state index in [-0.39, 0.29) is 12.1 Å². The summed E-state index contributed by atoms with van der Waals surface area (Å²) in [6.45, 7) is 2.44. The Bertz CT molecular complexity index is 896. The first-order chi connectivity index (χ1) is 13.1. The second-order valence-corrected chi connectivity index (χ2v) is 6.95. The van der Waals surface area contributed by atoms with Gasteiger partial charge in [0.2, 0.25) is 5.91 Å². The third-order valence-electron chi connectivity index (χ3n) is 5.13. The lowest BCUT2D eigenvalue weighted by molar-refractivity contribution is -0.119. The summed E-state index contributed by atoms with van der Waals surface area (Å²) < 4.78 is 0. The van der Waals surface area contributed by atoms with Gasteiger partial charge in [0, 0.05) is 12.6 Å². The molecule has 138 valence electrons. The highest BCUT2D eigenvalue weighted by Gasteiger charge is 2.44. The number of anilines is 1.